The van der Waals surface area contributed by atoms with Gasteiger partial charge in [-0.05, 0) is 34.1 Å². The van der Waals surface area contributed by atoms with Crippen LogP contribution in [-0.4, -0.2) is 16.1 Å². The van der Waals surface area contributed by atoms with Crippen LogP contribution in [0.2, 0.25) is 0 Å². The summed E-state index contributed by atoms with van der Waals surface area (Å²) in [5.74, 6) is -0.761. The second kappa shape index (κ2) is 5.50. The van der Waals surface area contributed by atoms with Gasteiger partial charge in [0.15, 0.2) is 5.75 Å². The van der Waals surface area contributed by atoms with Gasteiger partial charge in [-0.1, -0.05) is 6.07 Å². The number of hydrogen-bond donors (Lipinski definition) is 1. The highest BCUT2D eigenvalue weighted by Crippen LogP contribution is 2.31. The lowest BCUT2D eigenvalue weighted by Crippen LogP contribution is -2.01. The molecule has 0 spiro atoms. The molecule has 0 radical (unpaired) electrons. The lowest BCUT2D eigenvalue weighted by Gasteiger charge is -2.09. The predicted octanol–water partition coefficient (Wildman–Crippen LogP) is 3.21. The molecule has 5 nitrogen and oxygen atoms in total. The number of benzene rings is 1. The van der Waals surface area contributed by atoms with Gasteiger partial charge in [0.25, 0.3) is 0 Å². The Morgan fingerprint density at radius 1 is 1.37 bits per heavy atom. The molecule has 0 aliphatic heterocycles. The van der Waals surface area contributed by atoms with E-state index in [4.69, 9.17) is 15.1 Å². The Morgan fingerprint density at radius 3 is 2.84 bits per heavy atom. The maximum absolute atomic E-state index is 11.1. The molecule has 0 aliphatic carbocycles. The lowest BCUT2D eigenvalue weighted by molar-refractivity contribution is 0.0694. The number of pyridine rings is 1. The first-order valence-corrected chi connectivity index (χ1v) is 5.96. The third kappa shape index (κ3) is 2.72. The first kappa shape index (κ1) is 13.1. The summed E-state index contributed by atoms with van der Waals surface area (Å²) in [4.78, 5) is 14.9. The van der Waals surface area contributed by atoms with Gasteiger partial charge < -0.3 is 9.84 Å². The summed E-state index contributed by atoms with van der Waals surface area (Å²) in [6, 6.07) is 8.31. The number of halogens is 1. The van der Waals surface area contributed by atoms with E-state index in [1.54, 1.807) is 18.2 Å². The number of carbonyl (C=O) groups is 1. The molecule has 0 saturated carbocycles. The van der Waals surface area contributed by atoms with Crippen LogP contribution in [0.25, 0.3) is 0 Å². The molecule has 1 aromatic carbocycles. The van der Waals surface area contributed by atoms with Crippen molar-refractivity contribution in [3.63, 3.8) is 0 Å². The van der Waals surface area contributed by atoms with E-state index in [1.165, 1.54) is 18.5 Å². The van der Waals surface area contributed by atoms with E-state index < -0.39 is 5.97 Å². The summed E-state index contributed by atoms with van der Waals surface area (Å²) < 4.78 is 6.05. The summed E-state index contributed by atoms with van der Waals surface area (Å²) in [6.07, 6.45) is 2.66. The molecule has 0 amide bonds. The number of rotatable bonds is 3. The Kier molecular flexibility index (Phi) is 3.78. The fourth-order valence-electron chi connectivity index (χ4n) is 1.45. The molecule has 2 rings (SSSR count). The van der Waals surface area contributed by atoms with Crippen molar-refractivity contribution in [2.75, 3.05) is 0 Å². The zero-order valence-corrected chi connectivity index (χ0v) is 11.1. The van der Waals surface area contributed by atoms with Crippen LogP contribution < -0.4 is 4.74 Å². The second-order valence-corrected chi connectivity index (χ2v) is 4.36. The van der Waals surface area contributed by atoms with Crippen molar-refractivity contribution in [2.45, 2.75) is 0 Å². The molecule has 19 heavy (non-hydrogen) atoms. The third-order valence-electron chi connectivity index (χ3n) is 2.32. The van der Waals surface area contributed by atoms with Crippen molar-refractivity contribution in [1.82, 2.24) is 4.98 Å². The van der Waals surface area contributed by atoms with Crippen LogP contribution in [0.4, 0.5) is 0 Å². The van der Waals surface area contributed by atoms with Gasteiger partial charge in [0.2, 0.25) is 0 Å². The average molecular weight is 319 g/mol. The SMILES string of the molecule is N#Cc1c(Br)cccc1Oc1cnccc1C(=O)O. The van der Waals surface area contributed by atoms with Crippen molar-refractivity contribution in [2.24, 2.45) is 0 Å². The van der Waals surface area contributed by atoms with Crippen LogP contribution in [0.1, 0.15) is 15.9 Å². The molecule has 1 aromatic heterocycles. The minimum absolute atomic E-state index is 0.0149. The number of carboxylic acid groups (broad SMARTS) is 1. The van der Waals surface area contributed by atoms with E-state index >= 15 is 0 Å². The molecule has 94 valence electrons. The van der Waals surface area contributed by atoms with Gasteiger partial charge >= 0.3 is 5.97 Å². The van der Waals surface area contributed by atoms with Crippen molar-refractivity contribution in [3.8, 4) is 17.6 Å². The summed E-state index contributed by atoms with van der Waals surface area (Å²) in [7, 11) is 0. The number of carboxylic acids is 1. The van der Waals surface area contributed by atoms with E-state index in [0.717, 1.165) is 0 Å². The molecule has 0 unspecified atom stereocenters. The fourth-order valence-corrected chi connectivity index (χ4v) is 1.89. The van der Waals surface area contributed by atoms with E-state index in [0.29, 0.717) is 10.0 Å². The maximum Gasteiger partial charge on any atom is 0.339 e. The maximum atomic E-state index is 11.1. The van der Waals surface area contributed by atoms with Crippen LogP contribution >= 0.6 is 15.9 Å². The van der Waals surface area contributed by atoms with Crippen molar-refractivity contribution < 1.29 is 14.6 Å². The molecule has 1 N–H and O–H groups in total. The minimum Gasteiger partial charge on any atom is -0.478 e. The van der Waals surface area contributed by atoms with Gasteiger partial charge in [0.05, 0.1) is 6.20 Å². The largest absolute Gasteiger partial charge is 0.478 e. The Balaban J connectivity index is 2.46. The van der Waals surface area contributed by atoms with E-state index in [1.807, 2.05) is 6.07 Å². The van der Waals surface area contributed by atoms with Crippen LogP contribution in [-0.2, 0) is 0 Å². The van der Waals surface area contributed by atoms with E-state index in [2.05, 4.69) is 20.9 Å². The quantitative estimate of drug-likeness (QED) is 0.939. The number of ether oxygens (including phenoxy) is 1. The fraction of sp³-hybridized carbons (Fsp3) is 0. The van der Waals surface area contributed by atoms with E-state index in [-0.39, 0.29) is 17.1 Å². The second-order valence-electron chi connectivity index (χ2n) is 3.50. The first-order valence-electron chi connectivity index (χ1n) is 5.17. The highest BCUT2D eigenvalue weighted by Gasteiger charge is 2.14. The standard InChI is InChI=1S/C13H7BrN2O3/c14-10-2-1-3-11(9(10)6-15)19-12-7-16-5-4-8(12)13(17)18/h1-5,7H,(H,17,18). The van der Waals surface area contributed by atoms with Crippen molar-refractivity contribution in [1.29, 1.82) is 5.26 Å². The van der Waals surface area contributed by atoms with Crippen LogP contribution in [0.5, 0.6) is 11.5 Å². The number of nitriles is 1. The molecular weight excluding hydrogens is 312 g/mol. The monoisotopic (exact) mass is 318 g/mol. The molecule has 0 saturated heterocycles. The van der Waals surface area contributed by atoms with Gasteiger partial charge in [0, 0.05) is 10.7 Å². The topological polar surface area (TPSA) is 83.2 Å². The Hall–Kier alpha value is -2.39. The third-order valence-corrected chi connectivity index (χ3v) is 2.98. The molecular formula is C13H7BrN2O3. The highest BCUT2D eigenvalue weighted by atomic mass is 79.9. The summed E-state index contributed by atoms with van der Waals surface area (Å²) in [5.41, 5.74) is 0.279. The Morgan fingerprint density at radius 2 is 2.16 bits per heavy atom. The zero-order valence-electron chi connectivity index (χ0n) is 9.50. The number of aromatic nitrogens is 1. The van der Waals surface area contributed by atoms with Crippen molar-refractivity contribution >= 4 is 21.9 Å². The lowest BCUT2D eigenvalue weighted by atomic mass is 10.2. The van der Waals surface area contributed by atoms with Gasteiger partial charge in [-0.3, -0.25) is 4.98 Å². The van der Waals surface area contributed by atoms with Crippen molar-refractivity contribution in [3.05, 3.63) is 52.3 Å². The summed E-state index contributed by atoms with van der Waals surface area (Å²) in [5, 5.41) is 18.1. The molecule has 6 heteroatoms. The average Bonchev–Trinajstić information content (AvgIpc) is 2.39. The number of aromatic carboxylic acids is 1. The zero-order chi connectivity index (χ0) is 13.8. The molecule has 0 bridgehead atoms. The smallest absolute Gasteiger partial charge is 0.339 e. The predicted molar refractivity (Wildman–Crippen MR) is 70.1 cm³/mol. The number of hydrogen-bond acceptors (Lipinski definition) is 4. The summed E-state index contributed by atoms with van der Waals surface area (Å²) in [6.45, 7) is 0. The molecule has 1 heterocycles. The Bertz CT molecular complexity index is 680. The van der Waals surface area contributed by atoms with Gasteiger partial charge in [-0.2, -0.15) is 5.26 Å². The van der Waals surface area contributed by atoms with Crippen LogP contribution in [0, 0.1) is 11.3 Å². The van der Waals surface area contributed by atoms with Crippen LogP contribution in [0.3, 0.4) is 0 Å². The molecule has 2 aromatic rings. The Labute approximate surface area is 117 Å². The molecule has 0 atom stereocenters. The van der Waals surface area contributed by atoms with Gasteiger partial charge in [0.1, 0.15) is 22.9 Å². The minimum atomic E-state index is -1.12. The normalized spacial score (nSPS) is 9.68. The molecule has 0 aliphatic rings. The highest BCUT2D eigenvalue weighted by molar-refractivity contribution is 9.10. The van der Waals surface area contributed by atoms with Gasteiger partial charge in [-0.25, -0.2) is 4.79 Å². The van der Waals surface area contributed by atoms with Crippen LogP contribution in [0.15, 0.2) is 41.1 Å². The number of nitrogens with zero attached hydrogens (tertiary/aromatic N) is 2. The first-order chi connectivity index (χ1) is 9.13. The summed E-state index contributed by atoms with van der Waals surface area (Å²) >= 11 is 3.23. The molecule has 0 fully saturated rings. The van der Waals surface area contributed by atoms with E-state index in [9.17, 15) is 4.79 Å². The van der Waals surface area contributed by atoms with Gasteiger partial charge in [-0.15, -0.1) is 0 Å².